The third-order valence-corrected chi connectivity index (χ3v) is 5.64. The fourth-order valence-electron chi connectivity index (χ4n) is 3.75. The Morgan fingerprint density at radius 1 is 0.781 bits per heavy atom. The van der Waals surface area contributed by atoms with Gasteiger partial charge in [-0.15, -0.1) is 0 Å². The van der Waals surface area contributed by atoms with Gasteiger partial charge in [0.1, 0.15) is 0 Å². The Balaban J connectivity index is 1.21. The summed E-state index contributed by atoms with van der Waals surface area (Å²) in [5.74, 6) is -0.190. The summed E-state index contributed by atoms with van der Waals surface area (Å²) in [4.78, 5) is 38.9. The van der Waals surface area contributed by atoms with Gasteiger partial charge in [0.25, 0.3) is 5.91 Å². The summed E-state index contributed by atoms with van der Waals surface area (Å²) in [6.45, 7) is 1.83. The average molecular weight is 436 g/mol. The van der Waals surface area contributed by atoms with Gasteiger partial charge in [0.2, 0.25) is 5.91 Å². The van der Waals surface area contributed by atoms with Gasteiger partial charge in [0, 0.05) is 42.1 Å². The SMILES string of the molecule is O=C(CN1CCC(NC(=O)c2cccc(NC(=O)NC3CC3)c2)CC1)Nc1ccccc1. The topological polar surface area (TPSA) is 103 Å². The predicted octanol–water partition coefficient (Wildman–Crippen LogP) is 2.80. The Hall–Kier alpha value is -3.39. The minimum absolute atomic E-state index is 0.0336. The molecule has 2 aromatic carbocycles. The molecule has 0 aromatic heterocycles. The first-order valence-electron chi connectivity index (χ1n) is 11.1. The van der Waals surface area contributed by atoms with E-state index in [1.807, 2.05) is 30.3 Å². The van der Waals surface area contributed by atoms with Crippen molar-refractivity contribution in [1.29, 1.82) is 0 Å². The second-order valence-electron chi connectivity index (χ2n) is 8.39. The maximum absolute atomic E-state index is 12.7. The molecule has 8 nitrogen and oxygen atoms in total. The maximum atomic E-state index is 12.7. The maximum Gasteiger partial charge on any atom is 0.319 e. The molecule has 0 unspecified atom stereocenters. The number of nitrogens with zero attached hydrogens (tertiary/aromatic N) is 1. The van der Waals surface area contributed by atoms with Crippen LogP contribution in [-0.4, -0.2) is 54.5 Å². The van der Waals surface area contributed by atoms with Crippen molar-refractivity contribution >= 4 is 29.2 Å². The van der Waals surface area contributed by atoms with Crippen LogP contribution in [0.5, 0.6) is 0 Å². The van der Waals surface area contributed by atoms with Crippen molar-refractivity contribution in [2.75, 3.05) is 30.3 Å². The second-order valence-corrected chi connectivity index (χ2v) is 8.39. The molecule has 1 aliphatic carbocycles. The molecular formula is C24H29N5O3. The summed E-state index contributed by atoms with van der Waals surface area (Å²) < 4.78 is 0. The first-order chi connectivity index (χ1) is 15.5. The van der Waals surface area contributed by atoms with E-state index in [1.165, 1.54) is 0 Å². The average Bonchev–Trinajstić information content (AvgIpc) is 3.60. The molecule has 1 saturated carbocycles. The highest BCUT2D eigenvalue weighted by Crippen LogP contribution is 2.19. The van der Waals surface area contributed by atoms with Gasteiger partial charge < -0.3 is 21.3 Å². The highest BCUT2D eigenvalue weighted by molar-refractivity contribution is 5.97. The number of hydrogen-bond acceptors (Lipinski definition) is 4. The van der Waals surface area contributed by atoms with Gasteiger partial charge in [-0.2, -0.15) is 0 Å². The zero-order valence-corrected chi connectivity index (χ0v) is 18.0. The van der Waals surface area contributed by atoms with E-state index in [2.05, 4.69) is 26.2 Å². The molecule has 2 fully saturated rings. The number of rotatable bonds is 7. The fraction of sp³-hybridized carbons (Fsp3) is 0.375. The number of hydrogen-bond donors (Lipinski definition) is 4. The number of carbonyl (C=O) groups is 3. The first kappa shape index (κ1) is 21.8. The van der Waals surface area contributed by atoms with Crippen LogP contribution >= 0.6 is 0 Å². The van der Waals surface area contributed by atoms with Crippen LogP contribution < -0.4 is 21.3 Å². The van der Waals surface area contributed by atoms with Crippen molar-refractivity contribution in [2.45, 2.75) is 37.8 Å². The van der Waals surface area contributed by atoms with Gasteiger partial charge in [-0.1, -0.05) is 24.3 Å². The molecule has 0 atom stereocenters. The van der Waals surface area contributed by atoms with E-state index in [1.54, 1.807) is 24.3 Å². The number of amides is 4. The molecule has 0 bridgehead atoms. The number of urea groups is 1. The van der Waals surface area contributed by atoms with Gasteiger partial charge in [0.15, 0.2) is 0 Å². The molecule has 168 valence electrons. The Kier molecular flexibility index (Phi) is 7.01. The van der Waals surface area contributed by atoms with Gasteiger partial charge in [-0.25, -0.2) is 4.79 Å². The van der Waals surface area contributed by atoms with Gasteiger partial charge in [-0.3, -0.25) is 14.5 Å². The molecule has 0 radical (unpaired) electrons. The third kappa shape index (κ3) is 6.55. The number of nitrogens with one attached hydrogen (secondary N) is 4. The smallest absolute Gasteiger partial charge is 0.319 e. The highest BCUT2D eigenvalue weighted by atomic mass is 16.2. The zero-order valence-electron chi connectivity index (χ0n) is 18.0. The second kappa shape index (κ2) is 10.3. The minimum Gasteiger partial charge on any atom is -0.349 e. The van der Waals surface area contributed by atoms with Crippen molar-refractivity contribution in [3.05, 3.63) is 60.2 Å². The van der Waals surface area contributed by atoms with E-state index in [9.17, 15) is 14.4 Å². The lowest BCUT2D eigenvalue weighted by molar-refractivity contribution is -0.117. The number of benzene rings is 2. The molecule has 4 amide bonds. The van der Waals surface area contributed by atoms with Crippen LogP contribution in [0.2, 0.25) is 0 Å². The van der Waals surface area contributed by atoms with Gasteiger partial charge in [-0.05, 0) is 56.0 Å². The molecule has 1 saturated heterocycles. The lowest BCUT2D eigenvalue weighted by atomic mass is 10.0. The number of likely N-dealkylation sites (tertiary alicyclic amines) is 1. The van der Waals surface area contributed by atoms with E-state index in [-0.39, 0.29) is 29.9 Å². The molecule has 4 N–H and O–H groups in total. The molecule has 8 heteroatoms. The van der Waals surface area contributed by atoms with E-state index in [4.69, 9.17) is 0 Å². The van der Waals surface area contributed by atoms with E-state index in [0.29, 0.717) is 17.8 Å². The Labute approximate surface area is 187 Å². The summed E-state index contributed by atoms with van der Waals surface area (Å²) in [6.07, 6.45) is 3.61. The van der Waals surface area contributed by atoms with Crippen molar-refractivity contribution in [1.82, 2.24) is 15.5 Å². The van der Waals surface area contributed by atoms with Crippen molar-refractivity contribution in [3.63, 3.8) is 0 Å². The van der Waals surface area contributed by atoms with E-state index < -0.39 is 0 Å². The number of anilines is 2. The van der Waals surface area contributed by atoms with E-state index in [0.717, 1.165) is 44.5 Å². The van der Waals surface area contributed by atoms with Crippen LogP contribution in [0.15, 0.2) is 54.6 Å². The standard InChI is InChI=1S/C24H29N5O3/c30-22(25-18-6-2-1-3-7-18)16-29-13-11-20(12-14-29)26-23(31)17-5-4-8-21(15-17)28-24(32)27-19-9-10-19/h1-8,15,19-20H,9-14,16H2,(H,25,30)(H,26,31)(H2,27,28,32). The summed E-state index contributed by atoms with van der Waals surface area (Å²) in [6, 6.07) is 16.5. The summed E-state index contributed by atoms with van der Waals surface area (Å²) in [7, 11) is 0. The summed E-state index contributed by atoms with van der Waals surface area (Å²) in [5.41, 5.74) is 1.90. The monoisotopic (exact) mass is 435 g/mol. The fourth-order valence-corrected chi connectivity index (χ4v) is 3.75. The van der Waals surface area contributed by atoms with Crippen molar-refractivity contribution in [3.8, 4) is 0 Å². The van der Waals surface area contributed by atoms with Crippen molar-refractivity contribution in [2.24, 2.45) is 0 Å². The summed E-state index contributed by atoms with van der Waals surface area (Å²) >= 11 is 0. The highest BCUT2D eigenvalue weighted by Gasteiger charge is 2.24. The van der Waals surface area contributed by atoms with Crippen LogP contribution in [0.4, 0.5) is 16.2 Å². The van der Waals surface area contributed by atoms with Crippen LogP contribution in [0.25, 0.3) is 0 Å². The number of carbonyl (C=O) groups excluding carboxylic acids is 3. The lowest BCUT2D eigenvalue weighted by Crippen LogP contribution is -2.46. The van der Waals surface area contributed by atoms with Gasteiger partial charge >= 0.3 is 6.03 Å². The Morgan fingerprint density at radius 2 is 1.47 bits per heavy atom. The minimum atomic E-state index is -0.242. The van der Waals surface area contributed by atoms with Crippen LogP contribution in [0.3, 0.4) is 0 Å². The van der Waals surface area contributed by atoms with Crippen LogP contribution in [-0.2, 0) is 4.79 Å². The number of piperidine rings is 1. The normalized spacial score (nSPS) is 16.8. The Bertz CT molecular complexity index is 953. The third-order valence-electron chi connectivity index (χ3n) is 5.64. The molecule has 2 aliphatic rings. The molecule has 4 rings (SSSR count). The van der Waals surface area contributed by atoms with E-state index >= 15 is 0 Å². The Morgan fingerprint density at radius 3 is 2.19 bits per heavy atom. The predicted molar refractivity (Wildman–Crippen MR) is 124 cm³/mol. The first-order valence-corrected chi connectivity index (χ1v) is 11.1. The summed E-state index contributed by atoms with van der Waals surface area (Å²) in [5, 5.41) is 11.6. The van der Waals surface area contributed by atoms with Crippen LogP contribution in [0.1, 0.15) is 36.0 Å². The zero-order chi connectivity index (χ0) is 22.3. The molecule has 0 spiro atoms. The van der Waals surface area contributed by atoms with Gasteiger partial charge in [0.05, 0.1) is 6.54 Å². The largest absolute Gasteiger partial charge is 0.349 e. The van der Waals surface area contributed by atoms with Crippen molar-refractivity contribution < 1.29 is 14.4 Å². The lowest BCUT2D eigenvalue weighted by Gasteiger charge is -2.31. The molecule has 1 heterocycles. The molecule has 2 aromatic rings. The number of para-hydroxylation sites is 1. The molecule has 32 heavy (non-hydrogen) atoms. The molecular weight excluding hydrogens is 406 g/mol. The van der Waals surface area contributed by atoms with Crippen LogP contribution in [0, 0.1) is 0 Å². The molecule has 1 aliphatic heterocycles. The quantitative estimate of drug-likeness (QED) is 0.537.